The van der Waals surface area contributed by atoms with Crippen LogP contribution in [0.2, 0.25) is 0 Å². The lowest BCUT2D eigenvalue weighted by Gasteiger charge is -2.32. The molecule has 31 heavy (non-hydrogen) atoms. The lowest BCUT2D eigenvalue weighted by molar-refractivity contribution is 0.0220. The van der Waals surface area contributed by atoms with Crippen LogP contribution in [0.25, 0.3) is 0 Å². The quantitative estimate of drug-likeness (QED) is 0.462. The summed E-state index contributed by atoms with van der Waals surface area (Å²) < 4.78 is 10.7. The largest absolute Gasteiger partial charge is 0.497 e. The van der Waals surface area contributed by atoms with Crippen LogP contribution >= 0.6 is 0 Å². The highest BCUT2D eigenvalue weighted by atomic mass is 16.5. The van der Waals surface area contributed by atoms with Crippen LogP contribution in [0, 0.1) is 5.92 Å². The van der Waals surface area contributed by atoms with Gasteiger partial charge in [-0.05, 0) is 63.4 Å². The summed E-state index contributed by atoms with van der Waals surface area (Å²) in [4.78, 5) is 9.87. The van der Waals surface area contributed by atoms with Gasteiger partial charge in [-0.3, -0.25) is 14.8 Å². The summed E-state index contributed by atoms with van der Waals surface area (Å²) in [5, 5.41) is 7.00. The molecule has 0 aliphatic carbocycles. The second kappa shape index (κ2) is 12.9. The maximum Gasteiger partial charge on any atom is 0.191 e. The number of nitrogens with one attached hydrogen (secondary N) is 2. The van der Waals surface area contributed by atoms with Crippen LogP contribution in [0.5, 0.6) is 5.75 Å². The molecule has 0 spiro atoms. The Balaban J connectivity index is 1.38. The Morgan fingerprint density at radius 2 is 1.84 bits per heavy atom. The summed E-state index contributed by atoms with van der Waals surface area (Å²) in [6.07, 6.45) is 2.46. The fourth-order valence-electron chi connectivity index (χ4n) is 4.28. The zero-order chi connectivity index (χ0) is 21.9. The van der Waals surface area contributed by atoms with Crippen LogP contribution in [-0.4, -0.2) is 87.9 Å². The minimum absolute atomic E-state index is 0.445. The number of piperidine rings is 1. The Kier molecular flexibility index (Phi) is 9.90. The van der Waals surface area contributed by atoms with Gasteiger partial charge >= 0.3 is 0 Å². The van der Waals surface area contributed by atoms with Crippen molar-refractivity contribution in [1.82, 2.24) is 20.4 Å². The van der Waals surface area contributed by atoms with Crippen molar-refractivity contribution in [3.8, 4) is 5.75 Å². The van der Waals surface area contributed by atoms with E-state index in [1.165, 1.54) is 18.4 Å². The molecule has 2 saturated heterocycles. The van der Waals surface area contributed by atoms with Crippen molar-refractivity contribution in [2.75, 3.05) is 66.1 Å². The van der Waals surface area contributed by atoms with Crippen molar-refractivity contribution in [1.29, 1.82) is 0 Å². The highest BCUT2D eigenvalue weighted by molar-refractivity contribution is 5.79. The molecule has 1 unspecified atom stereocenters. The van der Waals surface area contributed by atoms with E-state index in [1.54, 1.807) is 7.11 Å². The van der Waals surface area contributed by atoms with Gasteiger partial charge < -0.3 is 20.1 Å². The third-order valence-corrected chi connectivity index (χ3v) is 6.36. The fraction of sp³-hybridized carbons (Fsp3) is 0.708. The maximum absolute atomic E-state index is 5.46. The Morgan fingerprint density at radius 3 is 2.48 bits per heavy atom. The van der Waals surface area contributed by atoms with Crippen LogP contribution in [-0.2, 0) is 11.3 Å². The van der Waals surface area contributed by atoms with Crippen molar-refractivity contribution < 1.29 is 9.47 Å². The van der Waals surface area contributed by atoms with Crippen molar-refractivity contribution in [3.63, 3.8) is 0 Å². The van der Waals surface area contributed by atoms with E-state index in [2.05, 4.69) is 46.4 Å². The van der Waals surface area contributed by atoms with E-state index in [4.69, 9.17) is 14.5 Å². The number of guanidine groups is 1. The zero-order valence-corrected chi connectivity index (χ0v) is 19.6. The van der Waals surface area contributed by atoms with Crippen LogP contribution < -0.4 is 15.4 Å². The molecule has 7 nitrogen and oxygen atoms in total. The summed E-state index contributed by atoms with van der Waals surface area (Å²) in [7, 11) is 1.71. The highest BCUT2D eigenvalue weighted by Gasteiger charge is 2.20. The molecule has 3 rings (SSSR count). The number of methoxy groups -OCH3 is 1. The number of hydrogen-bond donors (Lipinski definition) is 2. The summed E-state index contributed by atoms with van der Waals surface area (Å²) in [5.41, 5.74) is 1.35. The predicted octanol–water partition coefficient (Wildman–Crippen LogP) is 2.18. The molecule has 2 fully saturated rings. The number of aliphatic imine (C=N–C) groups is 1. The molecular formula is C24H41N5O2. The topological polar surface area (TPSA) is 61.4 Å². The van der Waals surface area contributed by atoms with Gasteiger partial charge in [0.25, 0.3) is 0 Å². The molecule has 0 amide bonds. The third-order valence-electron chi connectivity index (χ3n) is 6.36. The number of likely N-dealkylation sites (tertiary alicyclic amines) is 1. The first-order valence-corrected chi connectivity index (χ1v) is 11.9. The second-order valence-electron chi connectivity index (χ2n) is 8.67. The lowest BCUT2D eigenvalue weighted by atomic mass is 9.96. The second-order valence-corrected chi connectivity index (χ2v) is 8.67. The Hall–Kier alpha value is -1.83. The summed E-state index contributed by atoms with van der Waals surface area (Å²) >= 11 is 0. The molecule has 0 bridgehead atoms. The molecule has 1 atom stereocenters. The Labute approximate surface area is 188 Å². The van der Waals surface area contributed by atoms with Gasteiger partial charge in [0.1, 0.15) is 5.75 Å². The van der Waals surface area contributed by atoms with E-state index < -0.39 is 0 Å². The first kappa shape index (κ1) is 23.8. The van der Waals surface area contributed by atoms with Crippen LogP contribution in [0.1, 0.15) is 32.3 Å². The van der Waals surface area contributed by atoms with Gasteiger partial charge in [0.05, 0.1) is 26.9 Å². The van der Waals surface area contributed by atoms with Crippen molar-refractivity contribution in [2.45, 2.75) is 39.3 Å². The average Bonchev–Trinajstić information content (AvgIpc) is 2.82. The number of hydrogen-bond acceptors (Lipinski definition) is 5. The molecule has 7 heteroatoms. The molecule has 1 aromatic rings. The first-order chi connectivity index (χ1) is 15.2. The van der Waals surface area contributed by atoms with Crippen LogP contribution in [0.3, 0.4) is 0 Å². The van der Waals surface area contributed by atoms with E-state index >= 15 is 0 Å². The molecule has 2 aliphatic heterocycles. The molecule has 0 aromatic heterocycles. The minimum Gasteiger partial charge on any atom is -0.497 e. The normalized spacial score (nSPS) is 20.4. The van der Waals surface area contributed by atoms with Gasteiger partial charge in [0.15, 0.2) is 5.96 Å². The lowest BCUT2D eigenvalue weighted by Crippen LogP contribution is -2.45. The molecule has 1 aromatic carbocycles. The average molecular weight is 432 g/mol. The molecule has 2 N–H and O–H groups in total. The minimum atomic E-state index is 0.445. The molecule has 174 valence electrons. The van der Waals surface area contributed by atoms with Gasteiger partial charge in [-0.2, -0.15) is 0 Å². The number of rotatable bonds is 9. The van der Waals surface area contributed by atoms with E-state index in [1.807, 2.05) is 12.1 Å². The van der Waals surface area contributed by atoms with E-state index in [0.717, 1.165) is 77.3 Å². The van der Waals surface area contributed by atoms with E-state index in [0.29, 0.717) is 12.0 Å². The van der Waals surface area contributed by atoms with Gasteiger partial charge in [-0.1, -0.05) is 12.1 Å². The third kappa shape index (κ3) is 7.98. The smallest absolute Gasteiger partial charge is 0.191 e. The number of benzene rings is 1. The van der Waals surface area contributed by atoms with Gasteiger partial charge in [0.2, 0.25) is 0 Å². The fourth-order valence-corrected chi connectivity index (χ4v) is 4.28. The van der Waals surface area contributed by atoms with E-state index in [-0.39, 0.29) is 0 Å². The van der Waals surface area contributed by atoms with Gasteiger partial charge in [0, 0.05) is 38.8 Å². The van der Waals surface area contributed by atoms with E-state index in [9.17, 15) is 0 Å². The van der Waals surface area contributed by atoms with Crippen LogP contribution in [0.15, 0.2) is 29.3 Å². The Morgan fingerprint density at radius 1 is 1.13 bits per heavy atom. The summed E-state index contributed by atoms with van der Waals surface area (Å²) in [6.45, 7) is 14.1. The summed E-state index contributed by atoms with van der Waals surface area (Å²) in [5.74, 6) is 2.57. The SMILES string of the molecule is CCNC(=NCC(C)N1CCOCC1)NCC1CCN(Cc2ccc(OC)cc2)CC1. The number of morpholine rings is 1. The summed E-state index contributed by atoms with van der Waals surface area (Å²) in [6, 6.07) is 8.88. The maximum atomic E-state index is 5.46. The monoisotopic (exact) mass is 431 g/mol. The Bertz CT molecular complexity index is 652. The van der Waals surface area contributed by atoms with Gasteiger partial charge in [-0.25, -0.2) is 0 Å². The zero-order valence-electron chi connectivity index (χ0n) is 19.6. The molecule has 2 aliphatic rings. The highest BCUT2D eigenvalue weighted by Crippen LogP contribution is 2.19. The van der Waals surface area contributed by atoms with Crippen molar-refractivity contribution >= 4 is 5.96 Å². The predicted molar refractivity (Wildman–Crippen MR) is 127 cm³/mol. The molecule has 0 saturated carbocycles. The van der Waals surface area contributed by atoms with Crippen molar-refractivity contribution in [3.05, 3.63) is 29.8 Å². The molecular weight excluding hydrogens is 390 g/mol. The number of nitrogens with zero attached hydrogens (tertiary/aromatic N) is 3. The van der Waals surface area contributed by atoms with Crippen LogP contribution in [0.4, 0.5) is 0 Å². The first-order valence-electron chi connectivity index (χ1n) is 11.9. The van der Waals surface area contributed by atoms with Crippen molar-refractivity contribution in [2.24, 2.45) is 10.9 Å². The molecule has 2 heterocycles. The number of ether oxygens (including phenoxy) is 2. The van der Waals surface area contributed by atoms with Gasteiger partial charge in [-0.15, -0.1) is 0 Å². The standard InChI is InChI=1S/C24H41N5O2/c1-4-25-24(26-17-20(2)29-13-15-31-16-14-29)27-18-21-9-11-28(12-10-21)19-22-5-7-23(30-3)8-6-22/h5-8,20-21H,4,9-19H2,1-3H3,(H2,25,26,27). The molecule has 0 radical (unpaired) electrons.